The topological polar surface area (TPSA) is 75.0 Å². The maximum atomic E-state index is 12.0. The highest BCUT2D eigenvalue weighted by Crippen LogP contribution is 2.16. The molecule has 2 aromatic carbocycles. The molecule has 1 N–H and O–H groups in total. The molecule has 0 aliphatic rings. The molecular weight excluding hydrogens is 370 g/mol. The molecule has 0 aliphatic heterocycles. The zero-order valence-corrected chi connectivity index (χ0v) is 16.2. The summed E-state index contributed by atoms with van der Waals surface area (Å²) in [6, 6.07) is 16.8. The van der Waals surface area contributed by atoms with E-state index in [-0.39, 0.29) is 5.91 Å². The van der Waals surface area contributed by atoms with Crippen LogP contribution in [0.15, 0.2) is 60.0 Å². The van der Waals surface area contributed by atoms with E-state index in [4.69, 9.17) is 10.00 Å². The summed E-state index contributed by atoms with van der Waals surface area (Å²) in [6.45, 7) is 2.78. The normalized spacial score (nSPS) is 10.6. The Hall–Kier alpha value is -3.43. The van der Waals surface area contributed by atoms with Gasteiger partial charge >= 0.3 is 0 Å². The van der Waals surface area contributed by atoms with Gasteiger partial charge in [-0.1, -0.05) is 24.3 Å². The minimum absolute atomic E-state index is 0.193. The summed E-state index contributed by atoms with van der Waals surface area (Å²) in [5.41, 5.74) is 3.29. The third-order valence-electron chi connectivity index (χ3n) is 3.88. The van der Waals surface area contributed by atoms with Gasteiger partial charge in [-0.3, -0.25) is 4.79 Å². The lowest BCUT2D eigenvalue weighted by Crippen LogP contribution is -2.20. The van der Waals surface area contributed by atoms with Crippen LogP contribution in [0, 0.1) is 18.3 Å². The number of amides is 1. The number of hydrogen-bond donors (Lipinski definition) is 1. The molecule has 28 heavy (non-hydrogen) atoms. The van der Waals surface area contributed by atoms with Crippen molar-refractivity contribution in [1.29, 1.82) is 5.26 Å². The second-order valence-electron chi connectivity index (χ2n) is 6.08. The fourth-order valence-corrected chi connectivity index (χ4v) is 3.08. The van der Waals surface area contributed by atoms with E-state index < -0.39 is 0 Å². The number of nitriles is 1. The van der Waals surface area contributed by atoms with Crippen LogP contribution in [0.2, 0.25) is 0 Å². The Morgan fingerprint density at radius 2 is 2.11 bits per heavy atom. The first-order valence-electron chi connectivity index (χ1n) is 8.71. The van der Waals surface area contributed by atoms with E-state index in [2.05, 4.69) is 16.4 Å². The maximum Gasteiger partial charge on any atom is 0.244 e. The molecule has 0 aliphatic carbocycles. The molecule has 3 aromatic rings. The van der Waals surface area contributed by atoms with Gasteiger partial charge in [-0.05, 0) is 48.4 Å². The van der Waals surface area contributed by atoms with Crippen molar-refractivity contribution in [2.75, 3.05) is 0 Å². The van der Waals surface area contributed by atoms with Crippen molar-refractivity contribution < 1.29 is 9.53 Å². The van der Waals surface area contributed by atoms with Gasteiger partial charge in [0, 0.05) is 18.0 Å². The second-order valence-corrected chi connectivity index (χ2v) is 7.14. The highest BCUT2D eigenvalue weighted by atomic mass is 32.1. The molecule has 0 saturated carbocycles. The quantitative estimate of drug-likeness (QED) is 0.614. The summed E-state index contributed by atoms with van der Waals surface area (Å²) in [4.78, 5) is 16.3. The molecule has 6 heteroatoms. The Balaban J connectivity index is 1.48. The number of nitrogens with zero attached hydrogens (tertiary/aromatic N) is 2. The molecule has 3 rings (SSSR count). The van der Waals surface area contributed by atoms with Gasteiger partial charge in [-0.2, -0.15) is 5.26 Å². The zero-order valence-electron chi connectivity index (χ0n) is 15.4. The Kier molecular flexibility index (Phi) is 6.55. The number of carbonyl (C=O) groups excluding carboxylic acids is 1. The van der Waals surface area contributed by atoms with Crippen LogP contribution in [0.3, 0.4) is 0 Å². The van der Waals surface area contributed by atoms with Gasteiger partial charge in [0.15, 0.2) is 0 Å². The summed E-state index contributed by atoms with van der Waals surface area (Å²) < 4.78 is 5.71. The fourth-order valence-electron chi connectivity index (χ4n) is 2.48. The smallest absolute Gasteiger partial charge is 0.244 e. The summed E-state index contributed by atoms with van der Waals surface area (Å²) >= 11 is 1.60. The van der Waals surface area contributed by atoms with Crippen LogP contribution in [-0.4, -0.2) is 10.9 Å². The molecule has 0 bridgehead atoms. The van der Waals surface area contributed by atoms with Crippen LogP contribution in [0.1, 0.15) is 27.4 Å². The first-order valence-corrected chi connectivity index (χ1v) is 9.59. The zero-order chi connectivity index (χ0) is 19.8. The molecule has 1 aromatic heterocycles. The van der Waals surface area contributed by atoms with Crippen molar-refractivity contribution in [3.05, 3.63) is 87.4 Å². The van der Waals surface area contributed by atoms with Gasteiger partial charge in [0.2, 0.25) is 5.91 Å². The minimum Gasteiger partial charge on any atom is -0.487 e. The highest BCUT2D eigenvalue weighted by Gasteiger charge is 2.01. The lowest BCUT2D eigenvalue weighted by Gasteiger charge is -2.05. The van der Waals surface area contributed by atoms with Gasteiger partial charge in [0.1, 0.15) is 12.4 Å². The van der Waals surface area contributed by atoms with Crippen LogP contribution in [0.4, 0.5) is 0 Å². The lowest BCUT2D eigenvalue weighted by atomic mass is 10.1. The Morgan fingerprint density at radius 3 is 2.82 bits per heavy atom. The molecule has 5 nitrogen and oxygen atoms in total. The molecular formula is C22H19N3O2S. The summed E-state index contributed by atoms with van der Waals surface area (Å²) in [5, 5.41) is 14.7. The Bertz CT molecular complexity index is 1020. The number of carbonyl (C=O) groups is 1. The van der Waals surface area contributed by atoms with Gasteiger partial charge in [-0.25, -0.2) is 4.98 Å². The average molecular weight is 389 g/mol. The van der Waals surface area contributed by atoms with Crippen molar-refractivity contribution in [3.8, 4) is 11.8 Å². The summed E-state index contributed by atoms with van der Waals surface area (Å²) in [7, 11) is 0. The SMILES string of the molecule is Cc1nc(COc2ccc(/C=C/C(=O)NCc3cccc(C#N)c3)cc2)cs1. The van der Waals surface area contributed by atoms with Crippen LogP contribution in [0.5, 0.6) is 5.75 Å². The van der Waals surface area contributed by atoms with Crippen molar-refractivity contribution in [3.63, 3.8) is 0 Å². The Labute approximate surface area is 167 Å². The maximum absolute atomic E-state index is 12.0. The standard InChI is InChI=1S/C22H19N3O2S/c1-16-25-20(15-28-16)14-27-21-8-5-17(6-9-21)7-10-22(26)24-13-19-4-2-3-18(11-19)12-23/h2-11,15H,13-14H2,1H3,(H,24,26)/b10-7+. The van der Waals surface area contributed by atoms with Gasteiger partial charge in [0.05, 0.1) is 22.3 Å². The predicted octanol–water partition coefficient (Wildman–Crippen LogP) is 4.23. The van der Waals surface area contributed by atoms with Crippen molar-refractivity contribution in [2.45, 2.75) is 20.1 Å². The van der Waals surface area contributed by atoms with E-state index in [1.807, 2.05) is 42.6 Å². The summed E-state index contributed by atoms with van der Waals surface area (Å²) in [6.07, 6.45) is 3.23. The van der Waals surface area contributed by atoms with Crippen molar-refractivity contribution >= 4 is 23.3 Å². The van der Waals surface area contributed by atoms with E-state index in [0.29, 0.717) is 18.7 Å². The predicted molar refractivity (Wildman–Crippen MR) is 110 cm³/mol. The van der Waals surface area contributed by atoms with Crippen molar-refractivity contribution in [1.82, 2.24) is 10.3 Å². The molecule has 140 valence electrons. The lowest BCUT2D eigenvalue weighted by molar-refractivity contribution is -0.116. The van der Waals surface area contributed by atoms with E-state index in [9.17, 15) is 4.79 Å². The third-order valence-corrected chi connectivity index (χ3v) is 4.71. The Morgan fingerprint density at radius 1 is 1.29 bits per heavy atom. The van der Waals surface area contributed by atoms with Crippen LogP contribution in [-0.2, 0) is 17.9 Å². The number of rotatable bonds is 7. The number of nitrogens with one attached hydrogen (secondary N) is 1. The van der Waals surface area contributed by atoms with E-state index in [0.717, 1.165) is 27.6 Å². The first-order chi connectivity index (χ1) is 13.6. The van der Waals surface area contributed by atoms with E-state index >= 15 is 0 Å². The molecule has 0 spiro atoms. The number of ether oxygens (including phenoxy) is 1. The molecule has 0 unspecified atom stereocenters. The first kappa shape index (κ1) is 19.3. The minimum atomic E-state index is -0.193. The molecule has 0 saturated heterocycles. The van der Waals surface area contributed by atoms with E-state index in [1.165, 1.54) is 6.08 Å². The average Bonchev–Trinajstić information content (AvgIpc) is 3.15. The monoisotopic (exact) mass is 389 g/mol. The van der Waals surface area contributed by atoms with E-state index in [1.54, 1.807) is 35.6 Å². The summed E-state index contributed by atoms with van der Waals surface area (Å²) in [5.74, 6) is 0.561. The number of benzene rings is 2. The molecule has 0 atom stereocenters. The van der Waals surface area contributed by atoms with Gasteiger partial charge < -0.3 is 10.1 Å². The fraction of sp³-hybridized carbons (Fsp3) is 0.136. The third kappa shape index (κ3) is 5.79. The number of hydrogen-bond acceptors (Lipinski definition) is 5. The molecule has 0 radical (unpaired) electrons. The number of thiazole rings is 1. The van der Waals surface area contributed by atoms with Gasteiger partial charge in [-0.15, -0.1) is 11.3 Å². The van der Waals surface area contributed by atoms with Crippen LogP contribution < -0.4 is 10.1 Å². The molecule has 1 amide bonds. The molecule has 1 heterocycles. The number of aromatic nitrogens is 1. The van der Waals surface area contributed by atoms with Crippen LogP contribution in [0.25, 0.3) is 6.08 Å². The number of aryl methyl sites for hydroxylation is 1. The van der Waals surface area contributed by atoms with Gasteiger partial charge in [0.25, 0.3) is 0 Å². The van der Waals surface area contributed by atoms with Crippen LogP contribution >= 0.6 is 11.3 Å². The second kappa shape index (κ2) is 9.49. The highest BCUT2D eigenvalue weighted by molar-refractivity contribution is 7.09. The molecule has 0 fully saturated rings. The van der Waals surface area contributed by atoms with Crippen molar-refractivity contribution in [2.24, 2.45) is 0 Å². The largest absolute Gasteiger partial charge is 0.487 e.